The summed E-state index contributed by atoms with van der Waals surface area (Å²) in [7, 11) is -2.56. The average molecular weight is 444 g/mol. The van der Waals surface area contributed by atoms with Gasteiger partial charge in [-0.3, -0.25) is 4.79 Å². The molecule has 0 aliphatic rings. The Morgan fingerprint density at radius 3 is 2.35 bits per heavy atom. The predicted octanol–water partition coefficient (Wildman–Crippen LogP) is 4.35. The van der Waals surface area contributed by atoms with Gasteiger partial charge in [0.05, 0.1) is 13.4 Å². The first-order valence-corrected chi connectivity index (χ1v) is 11.2. The highest BCUT2D eigenvalue weighted by Crippen LogP contribution is 2.26. The molecule has 2 aromatic carbocycles. The third kappa shape index (κ3) is 5.67. The molecule has 0 saturated carbocycles. The molecule has 7 nitrogen and oxygen atoms in total. The van der Waals surface area contributed by atoms with Crippen LogP contribution in [0.5, 0.6) is 11.5 Å². The molecule has 0 saturated heterocycles. The molecule has 3 rings (SSSR count). The lowest BCUT2D eigenvalue weighted by Gasteiger charge is -2.24. The van der Waals surface area contributed by atoms with Crippen molar-refractivity contribution in [2.45, 2.75) is 25.3 Å². The highest BCUT2D eigenvalue weighted by molar-refractivity contribution is 7.87. The zero-order valence-corrected chi connectivity index (χ0v) is 18.5. The number of hydrogen-bond acceptors (Lipinski definition) is 6. The minimum absolute atomic E-state index is 0.00815. The van der Waals surface area contributed by atoms with Crippen LogP contribution in [0.1, 0.15) is 30.0 Å². The highest BCUT2D eigenvalue weighted by atomic mass is 32.2. The molecule has 1 aromatic heterocycles. The number of ether oxygens (including phenoxy) is 1. The first-order chi connectivity index (χ1) is 14.8. The molecule has 0 fully saturated rings. The van der Waals surface area contributed by atoms with E-state index in [2.05, 4.69) is 0 Å². The number of carbonyl (C=O) groups is 1. The smallest absolute Gasteiger partial charge is 0.339 e. The summed E-state index contributed by atoms with van der Waals surface area (Å²) in [5, 5.41) is 0. The Hall–Kier alpha value is -3.26. The first-order valence-electron chi connectivity index (χ1n) is 9.79. The topological polar surface area (TPSA) is 86.1 Å². The van der Waals surface area contributed by atoms with E-state index in [1.165, 1.54) is 25.5 Å². The minimum atomic E-state index is -4.06. The van der Waals surface area contributed by atoms with Gasteiger partial charge in [0.25, 0.3) is 5.91 Å². The molecule has 0 unspecified atom stereocenters. The Bertz CT molecular complexity index is 1110. The number of benzene rings is 2. The summed E-state index contributed by atoms with van der Waals surface area (Å²) in [6.45, 7) is 4.64. The van der Waals surface area contributed by atoms with Gasteiger partial charge in [0, 0.05) is 18.7 Å². The van der Waals surface area contributed by atoms with E-state index in [0.717, 1.165) is 0 Å². The second-order valence-corrected chi connectivity index (χ2v) is 8.92. The van der Waals surface area contributed by atoms with Crippen molar-refractivity contribution < 1.29 is 26.5 Å². The fourth-order valence-electron chi connectivity index (χ4n) is 3.05. The van der Waals surface area contributed by atoms with Crippen LogP contribution in [0.25, 0.3) is 0 Å². The second kappa shape index (κ2) is 9.70. The third-order valence-electron chi connectivity index (χ3n) is 4.49. The number of furan rings is 1. The predicted molar refractivity (Wildman–Crippen MR) is 116 cm³/mol. The first kappa shape index (κ1) is 22.4. The molecule has 0 bridgehead atoms. The van der Waals surface area contributed by atoms with Crippen molar-refractivity contribution >= 4 is 16.0 Å². The molecule has 0 atom stereocenters. The Morgan fingerprint density at radius 1 is 1.03 bits per heavy atom. The van der Waals surface area contributed by atoms with Crippen molar-refractivity contribution in [3.8, 4) is 11.5 Å². The fourth-order valence-corrected chi connectivity index (χ4v) is 4.01. The zero-order chi connectivity index (χ0) is 22.4. The van der Waals surface area contributed by atoms with E-state index < -0.39 is 10.1 Å². The lowest BCUT2D eigenvalue weighted by Crippen LogP contribution is -2.33. The third-order valence-corrected chi connectivity index (χ3v) is 5.73. The normalized spacial score (nSPS) is 11.4. The van der Waals surface area contributed by atoms with E-state index >= 15 is 0 Å². The summed E-state index contributed by atoms with van der Waals surface area (Å²) in [4.78, 5) is 14.5. The number of methoxy groups -OCH3 is 1. The van der Waals surface area contributed by atoms with Gasteiger partial charge in [0.15, 0.2) is 5.76 Å². The van der Waals surface area contributed by atoms with E-state index in [9.17, 15) is 13.2 Å². The molecule has 0 aliphatic carbocycles. The molecule has 164 valence electrons. The summed E-state index contributed by atoms with van der Waals surface area (Å²) in [6, 6.07) is 16.0. The number of para-hydroxylation sites is 1. The molecule has 0 aliphatic heterocycles. The Labute approximate surface area is 182 Å². The molecule has 8 heteroatoms. The standard InChI is InChI=1S/C23H25NO6S/c1-17(2)15-24(23(25)22-9-6-14-29-22)16-18-7-4-5-8-21(18)30-31(26,27)20-12-10-19(28-3)11-13-20/h4-14,17H,15-16H2,1-3H3. The molecule has 1 amide bonds. The van der Waals surface area contributed by atoms with Crippen molar-refractivity contribution in [3.05, 3.63) is 78.3 Å². The van der Waals surface area contributed by atoms with Gasteiger partial charge in [-0.2, -0.15) is 8.42 Å². The highest BCUT2D eigenvalue weighted by Gasteiger charge is 2.23. The zero-order valence-electron chi connectivity index (χ0n) is 17.6. The lowest BCUT2D eigenvalue weighted by molar-refractivity contribution is 0.0689. The molecule has 1 heterocycles. The van der Waals surface area contributed by atoms with Crippen LogP contribution in [0.4, 0.5) is 0 Å². The van der Waals surface area contributed by atoms with Crippen LogP contribution in [-0.4, -0.2) is 32.9 Å². The van der Waals surface area contributed by atoms with Crippen molar-refractivity contribution in [1.29, 1.82) is 0 Å². The second-order valence-electron chi connectivity index (χ2n) is 7.38. The van der Waals surface area contributed by atoms with Crippen molar-refractivity contribution in [2.75, 3.05) is 13.7 Å². The monoisotopic (exact) mass is 443 g/mol. The van der Waals surface area contributed by atoms with E-state index in [1.54, 1.807) is 53.4 Å². The largest absolute Gasteiger partial charge is 0.497 e. The van der Waals surface area contributed by atoms with Crippen LogP contribution in [-0.2, 0) is 16.7 Å². The van der Waals surface area contributed by atoms with Gasteiger partial charge >= 0.3 is 10.1 Å². The van der Waals surface area contributed by atoms with Gasteiger partial charge in [0.1, 0.15) is 16.4 Å². The van der Waals surface area contributed by atoms with Crippen LogP contribution < -0.4 is 8.92 Å². The van der Waals surface area contributed by atoms with E-state index in [4.69, 9.17) is 13.3 Å². The van der Waals surface area contributed by atoms with Gasteiger partial charge in [-0.25, -0.2) is 0 Å². The Balaban J connectivity index is 1.86. The summed E-state index contributed by atoms with van der Waals surface area (Å²) in [6.07, 6.45) is 1.44. The maximum Gasteiger partial charge on any atom is 0.339 e. The Morgan fingerprint density at radius 2 is 1.74 bits per heavy atom. The summed E-state index contributed by atoms with van der Waals surface area (Å²) in [5.41, 5.74) is 0.570. The van der Waals surface area contributed by atoms with Crippen LogP contribution in [0, 0.1) is 5.92 Å². The maximum absolute atomic E-state index is 12.9. The van der Waals surface area contributed by atoms with Crippen LogP contribution in [0.2, 0.25) is 0 Å². The molecule has 0 radical (unpaired) electrons. The summed E-state index contributed by atoms with van der Waals surface area (Å²) in [5.74, 6) is 0.867. The van der Waals surface area contributed by atoms with Crippen LogP contribution in [0.3, 0.4) is 0 Å². The van der Waals surface area contributed by atoms with Gasteiger partial charge in [0.2, 0.25) is 0 Å². The maximum atomic E-state index is 12.9. The number of rotatable bonds is 9. The number of amides is 1. The SMILES string of the molecule is COc1ccc(S(=O)(=O)Oc2ccccc2CN(CC(C)C)C(=O)c2ccco2)cc1. The van der Waals surface area contributed by atoms with Crippen LogP contribution in [0.15, 0.2) is 76.2 Å². The Kier molecular flexibility index (Phi) is 7.02. The summed E-state index contributed by atoms with van der Waals surface area (Å²) >= 11 is 0. The van der Waals surface area contributed by atoms with Crippen molar-refractivity contribution in [2.24, 2.45) is 5.92 Å². The molecule has 31 heavy (non-hydrogen) atoms. The van der Waals surface area contributed by atoms with E-state index in [-0.39, 0.29) is 34.8 Å². The fraction of sp³-hybridized carbons (Fsp3) is 0.261. The van der Waals surface area contributed by atoms with Crippen LogP contribution >= 0.6 is 0 Å². The van der Waals surface area contributed by atoms with Gasteiger partial charge in [-0.05, 0) is 48.4 Å². The molecule has 0 spiro atoms. The van der Waals surface area contributed by atoms with Crippen molar-refractivity contribution in [1.82, 2.24) is 4.90 Å². The average Bonchev–Trinajstić information content (AvgIpc) is 3.28. The van der Waals surface area contributed by atoms with E-state index in [1.807, 2.05) is 13.8 Å². The minimum Gasteiger partial charge on any atom is -0.497 e. The van der Waals surface area contributed by atoms with E-state index in [0.29, 0.717) is 17.9 Å². The number of hydrogen-bond donors (Lipinski definition) is 0. The van der Waals surface area contributed by atoms with Gasteiger partial charge < -0.3 is 18.2 Å². The summed E-state index contributed by atoms with van der Waals surface area (Å²) < 4.78 is 41.3. The number of nitrogens with zero attached hydrogens (tertiary/aromatic N) is 1. The molecular weight excluding hydrogens is 418 g/mol. The van der Waals surface area contributed by atoms with Gasteiger partial charge in [-0.15, -0.1) is 0 Å². The van der Waals surface area contributed by atoms with Crippen molar-refractivity contribution in [3.63, 3.8) is 0 Å². The lowest BCUT2D eigenvalue weighted by atomic mass is 10.1. The number of carbonyl (C=O) groups excluding carboxylic acids is 1. The van der Waals surface area contributed by atoms with Gasteiger partial charge in [-0.1, -0.05) is 32.0 Å². The quantitative estimate of drug-likeness (QED) is 0.457. The molecule has 3 aromatic rings. The molecular formula is C23H25NO6S. The molecule has 0 N–H and O–H groups in total.